The molecule has 0 spiro atoms. The van der Waals surface area contributed by atoms with Crippen LogP contribution in [0.4, 0.5) is 4.39 Å². The van der Waals surface area contributed by atoms with E-state index in [0.29, 0.717) is 28.4 Å². The van der Waals surface area contributed by atoms with E-state index in [1.165, 1.54) is 30.5 Å². The molecular formula is C25H23FN4O4S. The first-order chi connectivity index (χ1) is 16.8. The number of carbonyl (C=O) groups excluding carboxylic acids is 1. The lowest BCUT2D eigenvalue weighted by molar-refractivity contribution is -0.116. The molecule has 8 nitrogen and oxygen atoms in total. The molecule has 0 aliphatic heterocycles. The first-order valence-corrected chi connectivity index (χ1v) is 12.2. The summed E-state index contributed by atoms with van der Waals surface area (Å²) in [7, 11) is -3.70. The van der Waals surface area contributed by atoms with Crippen molar-refractivity contribution >= 4 is 22.0 Å². The van der Waals surface area contributed by atoms with Gasteiger partial charge in [0, 0.05) is 25.0 Å². The van der Waals surface area contributed by atoms with Crippen molar-refractivity contribution < 1.29 is 22.0 Å². The van der Waals surface area contributed by atoms with Crippen molar-refractivity contribution in [3.05, 3.63) is 108 Å². The first kappa shape index (κ1) is 24.1. The van der Waals surface area contributed by atoms with Crippen molar-refractivity contribution in [3.63, 3.8) is 0 Å². The Hall–Kier alpha value is -4.02. The van der Waals surface area contributed by atoms with E-state index in [2.05, 4.69) is 15.0 Å². The zero-order valence-corrected chi connectivity index (χ0v) is 19.6. The Bertz CT molecular complexity index is 1440. The van der Waals surface area contributed by atoms with Gasteiger partial charge >= 0.3 is 0 Å². The second-order valence-corrected chi connectivity index (χ2v) is 9.42. The molecule has 2 aromatic heterocycles. The summed E-state index contributed by atoms with van der Waals surface area (Å²) < 4.78 is 48.5. The van der Waals surface area contributed by atoms with Crippen LogP contribution in [0.3, 0.4) is 0 Å². The number of imidazole rings is 1. The Labute approximate surface area is 202 Å². The van der Waals surface area contributed by atoms with Gasteiger partial charge in [0.05, 0.1) is 23.4 Å². The highest BCUT2D eigenvalue weighted by Gasteiger charge is 2.14. The SMILES string of the molecule is Cc1nccn1-c1ccc(CNC(=O)/C=C/c2ccc(S(=O)(=O)NCc3ccco3)cc2)cc1F. The van der Waals surface area contributed by atoms with Crippen LogP contribution < -0.4 is 10.0 Å². The van der Waals surface area contributed by atoms with Gasteiger partial charge in [-0.15, -0.1) is 0 Å². The normalized spacial score (nSPS) is 11.7. The number of nitrogens with one attached hydrogen (secondary N) is 2. The molecule has 0 unspecified atom stereocenters. The lowest BCUT2D eigenvalue weighted by Crippen LogP contribution is -2.22. The maximum atomic E-state index is 14.5. The zero-order chi connectivity index (χ0) is 24.8. The number of hydrogen-bond donors (Lipinski definition) is 2. The van der Waals surface area contributed by atoms with Crippen LogP contribution in [0.1, 0.15) is 22.7 Å². The van der Waals surface area contributed by atoms with Crippen LogP contribution in [-0.2, 0) is 27.9 Å². The van der Waals surface area contributed by atoms with Crippen LogP contribution in [0, 0.1) is 12.7 Å². The molecule has 1 amide bonds. The number of rotatable bonds is 9. The summed E-state index contributed by atoms with van der Waals surface area (Å²) in [5.74, 6) is 0.399. The van der Waals surface area contributed by atoms with E-state index in [9.17, 15) is 17.6 Å². The highest BCUT2D eigenvalue weighted by molar-refractivity contribution is 7.89. The Morgan fingerprint density at radius 1 is 1.14 bits per heavy atom. The molecule has 0 aliphatic rings. The molecule has 35 heavy (non-hydrogen) atoms. The van der Waals surface area contributed by atoms with Crippen molar-refractivity contribution in [1.82, 2.24) is 19.6 Å². The number of benzene rings is 2. The number of furan rings is 1. The summed E-state index contributed by atoms with van der Waals surface area (Å²) in [6.07, 6.45) is 7.64. The van der Waals surface area contributed by atoms with Crippen molar-refractivity contribution in [1.29, 1.82) is 0 Å². The number of carbonyl (C=O) groups is 1. The molecule has 0 aliphatic carbocycles. The monoisotopic (exact) mass is 494 g/mol. The number of aryl methyl sites for hydroxylation is 1. The largest absolute Gasteiger partial charge is 0.468 e. The molecular weight excluding hydrogens is 471 g/mol. The highest BCUT2D eigenvalue weighted by Crippen LogP contribution is 2.17. The van der Waals surface area contributed by atoms with Crippen LogP contribution in [-0.4, -0.2) is 23.9 Å². The lowest BCUT2D eigenvalue weighted by atomic mass is 10.2. The van der Waals surface area contributed by atoms with Crippen molar-refractivity contribution in [2.24, 2.45) is 0 Å². The molecule has 10 heteroatoms. The molecule has 2 aromatic carbocycles. The second-order valence-electron chi connectivity index (χ2n) is 7.65. The minimum Gasteiger partial charge on any atom is -0.468 e. The standard InChI is InChI=1S/C25H23FN4O4S/c1-18-27-12-13-30(18)24-10-6-20(15-23(24)26)16-28-25(31)11-7-19-4-8-22(9-5-19)35(32,33)29-17-21-3-2-14-34-21/h2-15,29H,16-17H2,1H3,(H,28,31)/b11-7+. The fourth-order valence-corrected chi connectivity index (χ4v) is 4.32. The van der Waals surface area contributed by atoms with E-state index in [4.69, 9.17) is 4.42 Å². The predicted molar refractivity (Wildman–Crippen MR) is 128 cm³/mol. The third kappa shape index (κ3) is 6.11. The molecule has 2 heterocycles. The highest BCUT2D eigenvalue weighted by atomic mass is 32.2. The van der Waals surface area contributed by atoms with Crippen LogP contribution >= 0.6 is 0 Å². The minimum absolute atomic E-state index is 0.0486. The van der Waals surface area contributed by atoms with Gasteiger partial charge in [-0.2, -0.15) is 0 Å². The van der Waals surface area contributed by atoms with Crippen molar-refractivity contribution in [2.45, 2.75) is 24.9 Å². The average Bonchev–Trinajstić information content (AvgIpc) is 3.52. The maximum Gasteiger partial charge on any atom is 0.244 e. The van der Waals surface area contributed by atoms with Crippen LogP contribution in [0.5, 0.6) is 0 Å². The van der Waals surface area contributed by atoms with E-state index in [1.54, 1.807) is 66.4 Å². The number of aromatic nitrogens is 2. The van der Waals surface area contributed by atoms with Crippen LogP contribution in [0.25, 0.3) is 11.8 Å². The summed E-state index contributed by atoms with van der Waals surface area (Å²) in [6.45, 7) is 1.99. The van der Waals surface area contributed by atoms with E-state index in [0.717, 1.165) is 0 Å². The van der Waals surface area contributed by atoms with Gasteiger partial charge in [-0.3, -0.25) is 4.79 Å². The van der Waals surface area contributed by atoms with Gasteiger partial charge in [0.15, 0.2) is 0 Å². The molecule has 0 atom stereocenters. The Kier molecular flexibility index (Phi) is 7.23. The third-order valence-corrected chi connectivity index (χ3v) is 6.62. The molecule has 2 N–H and O–H groups in total. The fraction of sp³-hybridized carbons (Fsp3) is 0.120. The molecule has 0 radical (unpaired) electrons. The zero-order valence-electron chi connectivity index (χ0n) is 18.8. The van der Waals surface area contributed by atoms with Gasteiger partial charge in [-0.1, -0.05) is 18.2 Å². The molecule has 0 saturated heterocycles. The van der Waals surface area contributed by atoms with E-state index in [1.807, 2.05) is 0 Å². The van der Waals surface area contributed by atoms with E-state index in [-0.39, 0.29) is 23.9 Å². The molecule has 0 saturated carbocycles. The molecule has 180 valence electrons. The fourth-order valence-electron chi connectivity index (χ4n) is 3.33. The number of hydrogen-bond acceptors (Lipinski definition) is 5. The van der Waals surface area contributed by atoms with Crippen molar-refractivity contribution in [3.8, 4) is 5.69 Å². The minimum atomic E-state index is -3.70. The molecule has 4 aromatic rings. The topological polar surface area (TPSA) is 106 Å². The number of nitrogens with zero attached hydrogens (tertiary/aromatic N) is 2. The van der Waals surface area contributed by atoms with Gasteiger partial charge in [0.25, 0.3) is 0 Å². The number of sulfonamides is 1. The molecule has 0 fully saturated rings. The summed E-state index contributed by atoms with van der Waals surface area (Å²) in [4.78, 5) is 16.4. The Balaban J connectivity index is 1.31. The van der Waals surface area contributed by atoms with Crippen molar-refractivity contribution in [2.75, 3.05) is 0 Å². The molecule has 4 rings (SSSR count). The average molecular weight is 495 g/mol. The summed E-state index contributed by atoms with van der Waals surface area (Å²) >= 11 is 0. The second kappa shape index (κ2) is 10.5. The van der Waals surface area contributed by atoms with Crippen LogP contribution in [0.2, 0.25) is 0 Å². The van der Waals surface area contributed by atoms with Gasteiger partial charge in [0.1, 0.15) is 17.4 Å². The van der Waals surface area contributed by atoms with Gasteiger partial charge in [0.2, 0.25) is 15.9 Å². The van der Waals surface area contributed by atoms with Gasteiger partial charge in [-0.05, 0) is 60.5 Å². The summed E-state index contributed by atoms with van der Waals surface area (Å²) in [5, 5.41) is 2.70. The van der Waals surface area contributed by atoms with Gasteiger partial charge in [-0.25, -0.2) is 22.5 Å². The number of amides is 1. The van der Waals surface area contributed by atoms with Gasteiger partial charge < -0.3 is 14.3 Å². The summed E-state index contributed by atoms with van der Waals surface area (Å²) in [5.41, 5.74) is 1.65. The Morgan fingerprint density at radius 3 is 2.60 bits per heavy atom. The quantitative estimate of drug-likeness (QED) is 0.345. The van der Waals surface area contributed by atoms with E-state index >= 15 is 0 Å². The first-order valence-electron chi connectivity index (χ1n) is 10.7. The summed E-state index contributed by atoms with van der Waals surface area (Å²) in [6, 6.07) is 14.2. The van der Waals surface area contributed by atoms with E-state index < -0.39 is 15.8 Å². The smallest absolute Gasteiger partial charge is 0.244 e. The lowest BCUT2D eigenvalue weighted by Gasteiger charge is -2.09. The third-order valence-electron chi connectivity index (χ3n) is 5.20. The molecule has 0 bridgehead atoms. The maximum absolute atomic E-state index is 14.5. The number of halogens is 1. The predicted octanol–water partition coefficient (Wildman–Crippen LogP) is 3.72. The van der Waals surface area contributed by atoms with Crippen LogP contribution in [0.15, 0.2) is 88.6 Å². The Morgan fingerprint density at radius 2 is 1.94 bits per heavy atom.